The van der Waals surface area contributed by atoms with Crippen molar-refractivity contribution in [1.82, 2.24) is 0 Å². The standard InChI is InChI=1S/C25H28N2O4S/c1-5-20(26-21-8-12-23(30-3)13-9-21)18-27(22-10-14-24(31-4)15-11-22)32(28,29)25-16-6-19(2)7-17-25/h5-17,20,26H,1,18H2,2-4H3/t20-/m0/s1. The molecule has 1 N–H and O–H groups in total. The molecule has 0 fully saturated rings. The number of hydrogen-bond donors (Lipinski definition) is 1. The van der Waals surface area contributed by atoms with E-state index in [-0.39, 0.29) is 17.5 Å². The number of methoxy groups -OCH3 is 2. The average Bonchev–Trinajstić information content (AvgIpc) is 2.82. The molecule has 0 aliphatic carbocycles. The van der Waals surface area contributed by atoms with Crippen LogP contribution in [-0.4, -0.2) is 35.2 Å². The number of anilines is 2. The first-order valence-electron chi connectivity index (χ1n) is 10.1. The van der Waals surface area contributed by atoms with E-state index >= 15 is 0 Å². The molecule has 6 nitrogen and oxygen atoms in total. The van der Waals surface area contributed by atoms with Gasteiger partial charge in [0.05, 0.1) is 37.4 Å². The van der Waals surface area contributed by atoms with Gasteiger partial charge in [0, 0.05) is 5.69 Å². The minimum absolute atomic E-state index is 0.151. The lowest BCUT2D eigenvalue weighted by Gasteiger charge is -2.29. The van der Waals surface area contributed by atoms with Gasteiger partial charge in [0.25, 0.3) is 10.0 Å². The number of ether oxygens (including phenoxy) is 2. The Morgan fingerprint density at radius 3 is 1.94 bits per heavy atom. The van der Waals surface area contributed by atoms with Crippen molar-refractivity contribution in [2.75, 3.05) is 30.4 Å². The van der Waals surface area contributed by atoms with Crippen molar-refractivity contribution >= 4 is 21.4 Å². The van der Waals surface area contributed by atoms with Gasteiger partial charge in [-0.05, 0) is 67.6 Å². The van der Waals surface area contributed by atoms with Gasteiger partial charge < -0.3 is 14.8 Å². The van der Waals surface area contributed by atoms with Gasteiger partial charge >= 0.3 is 0 Å². The predicted octanol–water partition coefficient (Wildman–Crippen LogP) is 4.87. The summed E-state index contributed by atoms with van der Waals surface area (Å²) in [5.41, 5.74) is 2.36. The van der Waals surface area contributed by atoms with Crippen molar-refractivity contribution in [3.63, 3.8) is 0 Å². The van der Waals surface area contributed by atoms with Crippen molar-refractivity contribution < 1.29 is 17.9 Å². The summed E-state index contributed by atoms with van der Waals surface area (Å²) in [5, 5.41) is 3.33. The minimum Gasteiger partial charge on any atom is -0.497 e. The molecular formula is C25H28N2O4S. The Labute approximate surface area is 190 Å². The topological polar surface area (TPSA) is 67.9 Å². The molecule has 3 aromatic rings. The lowest BCUT2D eigenvalue weighted by molar-refractivity contribution is 0.414. The number of nitrogens with one attached hydrogen (secondary N) is 1. The van der Waals surface area contributed by atoms with Gasteiger partial charge in [-0.1, -0.05) is 23.8 Å². The van der Waals surface area contributed by atoms with E-state index in [2.05, 4.69) is 11.9 Å². The number of nitrogens with zero attached hydrogens (tertiary/aromatic N) is 1. The Bertz CT molecular complexity index is 1130. The quantitative estimate of drug-likeness (QED) is 0.444. The number of benzene rings is 3. The molecule has 3 rings (SSSR count). The summed E-state index contributed by atoms with van der Waals surface area (Å²) in [4.78, 5) is 0.228. The van der Waals surface area contributed by atoms with E-state index in [1.54, 1.807) is 68.8 Å². The van der Waals surface area contributed by atoms with Crippen LogP contribution in [0.3, 0.4) is 0 Å². The van der Waals surface area contributed by atoms with E-state index in [0.29, 0.717) is 11.4 Å². The number of hydrogen-bond acceptors (Lipinski definition) is 5. The highest BCUT2D eigenvalue weighted by Gasteiger charge is 2.27. The molecule has 0 saturated heterocycles. The van der Waals surface area contributed by atoms with E-state index in [4.69, 9.17) is 9.47 Å². The zero-order chi connectivity index (χ0) is 23.1. The lowest BCUT2D eigenvalue weighted by Crippen LogP contribution is -2.39. The van der Waals surface area contributed by atoms with Crippen LogP contribution in [0.5, 0.6) is 11.5 Å². The molecule has 7 heteroatoms. The number of rotatable bonds is 10. The van der Waals surface area contributed by atoms with Crippen LogP contribution in [0.2, 0.25) is 0 Å². The maximum atomic E-state index is 13.6. The summed E-state index contributed by atoms with van der Waals surface area (Å²) < 4.78 is 39.0. The van der Waals surface area contributed by atoms with Gasteiger partial charge in [-0.3, -0.25) is 4.31 Å². The Hall–Kier alpha value is -3.45. The monoisotopic (exact) mass is 452 g/mol. The largest absolute Gasteiger partial charge is 0.497 e. The summed E-state index contributed by atoms with van der Waals surface area (Å²) >= 11 is 0. The molecule has 0 amide bonds. The van der Waals surface area contributed by atoms with Gasteiger partial charge in [0.1, 0.15) is 11.5 Å². The molecule has 0 aliphatic heterocycles. The number of aryl methyl sites for hydroxylation is 1. The highest BCUT2D eigenvalue weighted by molar-refractivity contribution is 7.92. The van der Waals surface area contributed by atoms with Gasteiger partial charge in [0.15, 0.2) is 0 Å². The van der Waals surface area contributed by atoms with Gasteiger partial charge in [0.2, 0.25) is 0 Å². The van der Waals surface area contributed by atoms with Crippen molar-refractivity contribution in [3.05, 3.63) is 91.0 Å². The van der Waals surface area contributed by atoms with E-state index < -0.39 is 10.0 Å². The highest BCUT2D eigenvalue weighted by atomic mass is 32.2. The molecule has 168 valence electrons. The van der Waals surface area contributed by atoms with Gasteiger partial charge in [-0.15, -0.1) is 6.58 Å². The lowest BCUT2D eigenvalue weighted by atomic mass is 10.2. The fourth-order valence-electron chi connectivity index (χ4n) is 3.19. The first-order valence-corrected chi connectivity index (χ1v) is 11.6. The fourth-order valence-corrected chi connectivity index (χ4v) is 4.68. The second-order valence-corrected chi connectivity index (χ2v) is 9.12. The molecule has 1 atom stereocenters. The first kappa shape index (κ1) is 23.2. The maximum absolute atomic E-state index is 13.6. The Morgan fingerprint density at radius 1 is 0.906 bits per heavy atom. The summed E-state index contributed by atoms with van der Waals surface area (Å²) in [6.07, 6.45) is 1.70. The van der Waals surface area contributed by atoms with Crippen molar-refractivity contribution in [1.29, 1.82) is 0 Å². The van der Waals surface area contributed by atoms with Crippen LogP contribution in [0.1, 0.15) is 5.56 Å². The molecule has 0 unspecified atom stereocenters. The molecule has 0 aliphatic rings. The van der Waals surface area contributed by atoms with E-state index in [9.17, 15) is 8.42 Å². The van der Waals surface area contributed by atoms with Crippen molar-refractivity contribution in [2.45, 2.75) is 17.9 Å². The van der Waals surface area contributed by atoms with Crippen LogP contribution in [-0.2, 0) is 10.0 Å². The second-order valence-electron chi connectivity index (χ2n) is 7.26. The molecule has 0 spiro atoms. The Morgan fingerprint density at radius 2 is 1.44 bits per heavy atom. The maximum Gasteiger partial charge on any atom is 0.264 e. The summed E-state index contributed by atoms with van der Waals surface area (Å²) in [6, 6.07) is 20.9. The van der Waals surface area contributed by atoms with Gasteiger partial charge in [-0.25, -0.2) is 8.42 Å². The van der Waals surface area contributed by atoms with Crippen LogP contribution in [0, 0.1) is 6.92 Å². The smallest absolute Gasteiger partial charge is 0.264 e. The minimum atomic E-state index is -3.81. The zero-order valence-electron chi connectivity index (χ0n) is 18.5. The van der Waals surface area contributed by atoms with E-state index in [1.165, 1.54) is 4.31 Å². The molecule has 0 saturated carbocycles. The van der Waals surface area contributed by atoms with Crippen LogP contribution >= 0.6 is 0 Å². The zero-order valence-corrected chi connectivity index (χ0v) is 19.3. The van der Waals surface area contributed by atoms with Crippen LogP contribution < -0.4 is 19.1 Å². The number of sulfonamides is 1. The van der Waals surface area contributed by atoms with Crippen LogP contribution in [0.25, 0.3) is 0 Å². The SMILES string of the molecule is C=C[C@@H](CN(c1ccc(OC)cc1)S(=O)(=O)c1ccc(C)cc1)Nc1ccc(OC)cc1. The molecule has 32 heavy (non-hydrogen) atoms. The third-order valence-corrected chi connectivity index (χ3v) is 6.87. The molecule has 0 aromatic heterocycles. The third-order valence-electron chi connectivity index (χ3n) is 5.06. The third kappa shape index (κ3) is 5.42. The normalized spacial score (nSPS) is 12.0. The average molecular weight is 453 g/mol. The first-order chi connectivity index (χ1) is 15.4. The van der Waals surface area contributed by atoms with Gasteiger partial charge in [-0.2, -0.15) is 0 Å². The molecule has 0 radical (unpaired) electrons. The highest BCUT2D eigenvalue weighted by Crippen LogP contribution is 2.27. The summed E-state index contributed by atoms with van der Waals surface area (Å²) in [5.74, 6) is 1.39. The summed E-state index contributed by atoms with van der Waals surface area (Å²) in [6.45, 7) is 5.97. The fraction of sp³-hybridized carbons (Fsp3) is 0.200. The molecule has 0 heterocycles. The second kappa shape index (κ2) is 10.2. The van der Waals surface area contributed by atoms with E-state index in [0.717, 1.165) is 17.0 Å². The van der Waals surface area contributed by atoms with Crippen LogP contribution in [0.4, 0.5) is 11.4 Å². The molecule has 3 aromatic carbocycles. The van der Waals surface area contributed by atoms with Crippen LogP contribution in [0.15, 0.2) is 90.3 Å². The Kier molecular flexibility index (Phi) is 7.43. The Balaban J connectivity index is 1.94. The molecule has 0 bridgehead atoms. The van der Waals surface area contributed by atoms with Crippen molar-refractivity contribution in [3.8, 4) is 11.5 Å². The predicted molar refractivity (Wildman–Crippen MR) is 129 cm³/mol. The molecular weight excluding hydrogens is 424 g/mol. The van der Waals surface area contributed by atoms with Crippen molar-refractivity contribution in [2.24, 2.45) is 0 Å². The summed E-state index contributed by atoms with van der Waals surface area (Å²) in [7, 11) is -0.633. The van der Waals surface area contributed by atoms with E-state index in [1.807, 2.05) is 31.2 Å².